The van der Waals surface area contributed by atoms with Crippen LogP contribution in [0.3, 0.4) is 0 Å². The van der Waals surface area contributed by atoms with E-state index in [9.17, 15) is 18.0 Å². The number of halogens is 3. The lowest BCUT2D eigenvalue weighted by Crippen LogP contribution is -2.41. The van der Waals surface area contributed by atoms with Crippen LogP contribution in [0.2, 0.25) is 0 Å². The molecule has 0 saturated carbocycles. The lowest BCUT2D eigenvalue weighted by atomic mass is 10.0. The summed E-state index contributed by atoms with van der Waals surface area (Å²) in [7, 11) is 0. The first-order valence-electron chi connectivity index (χ1n) is 5.12. The van der Waals surface area contributed by atoms with Crippen molar-refractivity contribution in [3.63, 3.8) is 0 Å². The molecule has 7 heteroatoms. The summed E-state index contributed by atoms with van der Waals surface area (Å²) in [5.41, 5.74) is 0. The third-order valence-electron chi connectivity index (χ3n) is 2.51. The summed E-state index contributed by atoms with van der Waals surface area (Å²) in [6.07, 6.45) is -6.10. The van der Waals surface area contributed by atoms with Crippen molar-refractivity contribution in [2.75, 3.05) is 19.6 Å². The summed E-state index contributed by atoms with van der Waals surface area (Å²) in [5.74, 6) is -0.264. The predicted octanol–water partition coefficient (Wildman–Crippen LogP) is 0.0254. The van der Waals surface area contributed by atoms with Crippen LogP contribution in [0.25, 0.3) is 0 Å². The van der Waals surface area contributed by atoms with Crippen LogP contribution in [-0.4, -0.2) is 42.9 Å². The Bertz CT molecular complexity index is 239. The van der Waals surface area contributed by atoms with Crippen LogP contribution in [-0.2, 0) is 4.79 Å². The second-order valence-corrected chi connectivity index (χ2v) is 3.92. The second kappa shape index (κ2) is 5.49. The van der Waals surface area contributed by atoms with E-state index in [0.29, 0.717) is 0 Å². The molecule has 0 aliphatic carbocycles. The summed E-state index contributed by atoms with van der Waals surface area (Å²) < 4.78 is 35.7. The highest BCUT2D eigenvalue weighted by atomic mass is 19.4. The topological polar surface area (TPSA) is 61.4 Å². The van der Waals surface area contributed by atoms with Crippen molar-refractivity contribution >= 4 is 5.91 Å². The van der Waals surface area contributed by atoms with Crippen LogP contribution in [0.5, 0.6) is 0 Å². The maximum absolute atomic E-state index is 11.9. The molecule has 1 fully saturated rings. The second-order valence-electron chi connectivity index (χ2n) is 3.92. The molecule has 16 heavy (non-hydrogen) atoms. The maximum Gasteiger partial charge on any atom is 0.416 e. The van der Waals surface area contributed by atoms with E-state index in [0.717, 1.165) is 19.5 Å². The van der Waals surface area contributed by atoms with Gasteiger partial charge in [-0.25, -0.2) is 0 Å². The van der Waals surface area contributed by atoms with Gasteiger partial charge in [-0.15, -0.1) is 0 Å². The van der Waals surface area contributed by atoms with E-state index < -0.39 is 24.7 Å². The van der Waals surface area contributed by atoms with Gasteiger partial charge in [0.1, 0.15) is 0 Å². The van der Waals surface area contributed by atoms with Gasteiger partial charge in [0.2, 0.25) is 5.91 Å². The molecule has 4 nitrogen and oxygen atoms in total. The molecular formula is C9H15F3N2O2. The van der Waals surface area contributed by atoms with Crippen molar-refractivity contribution in [2.24, 2.45) is 5.92 Å². The van der Waals surface area contributed by atoms with Crippen LogP contribution < -0.4 is 10.6 Å². The number of aliphatic hydroxyl groups excluding tert-OH is 1. The molecule has 0 aromatic heterocycles. The van der Waals surface area contributed by atoms with Crippen molar-refractivity contribution < 1.29 is 23.1 Å². The van der Waals surface area contributed by atoms with E-state index in [-0.39, 0.29) is 12.3 Å². The molecule has 3 N–H and O–H groups in total. The first kappa shape index (κ1) is 13.2. The average molecular weight is 240 g/mol. The number of rotatable bonds is 4. The van der Waals surface area contributed by atoms with Gasteiger partial charge in [0.25, 0.3) is 0 Å². The molecule has 2 atom stereocenters. The Morgan fingerprint density at radius 3 is 2.75 bits per heavy atom. The van der Waals surface area contributed by atoms with Gasteiger partial charge in [-0.2, -0.15) is 13.2 Å². The molecule has 94 valence electrons. The average Bonchev–Trinajstić information content (AvgIpc) is 2.65. The van der Waals surface area contributed by atoms with Crippen molar-refractivity contribution in [1.82, 2.24) is 10.6 Å². The number of aliphatic hydroxyl groups is 1. The van der Waals surface area contributed by atoms with Crippen molar-refractivity contribution in [3.05, 3.63) is 0 Å². The number of carbonyl (C=O) groups excluding carboxylic acids is 1. The molecule has 0 aromatic rings. The van der Waals surface area contributed by atoms with Gasteiger partial charge in [0.05, 0.1) is 6.54 Å². The molecule has 1 saturated heterocycles. The third kappa shape index (κ3) is 4.36. The van der Waals surface area contributed by atoms with Gasteiger partial charge in [-0.05, 0) is 25.4 Å². The first-order chi connectivity index (χ1) is 7.39. The van der Waals surface area contributed by atoms with Crippen molar-refractivity contribution in [1.29, 1.82) is 0 Å². The molecule has 0 radical (unpaired) electrons. The molecule has 1 rings (SSSR count). The quantitative estimate of drug-likeness (QED) is 0.649. The highest BCUT2D eigenvalue weighted by molar-refractivity contribution is 5.76. The highest BCUT2D eigenvalue weighted by Crippen LogP contribution is 2.19. The zero-order valence-corrected chi connectivity index (χ0v) is 8.68. The van der Waals surface area contributed by atoms with Gasteiger partial charge in [-0.1, -0.05) is 0 Å². The van der Waals surface area contributed by atoms with Gasteiger partial charge < -0.3 is 15.7 Å². The highest BCUT2D eigenvalue weighted by Gasteiger charge is 2.38. The summed E-state index contributed by atoms with van der Waals surface area (Å²) in [5, 5.41) is 13.8. The van der Waals surface area contributed by atoms with Crippen molar-refractivity contribution in [3.8, 4) is 0 Å². The van der Waals surface area contributed by atoms with E-state index in [1.54, 1.807) is 0 Å². The van der Waals surface area contributed by atoms with Gasteiger partial charge in [0.15, 0.2) is 6.10 Å². The zero-order valence-electron chi connectivity index (χ0n) is 8.68. The van der Waals surface area contributed by atoms with E-state index in [2.05, 4.69) is 10.6 Å². The number of hydrogen-bond donors (Lipinski definition) is 3. The number of hydrogen-bond acceptors (Lipinski definition) is 3. The Hall–Kier alpha value is -0.820. The molecule has 2 unspecified atom stereocenters. The zero-order chi connectivity index (χ0) is 12.2. The lowest BCUT2D eigenvalue weighted by molar-refractivity contribution is -0.201. The Labute approximate surface area is 91.2 Å². The standard InChI is InChI=1S/C9H15F3N2O2/c10-9(11,12)7(15)5-14-8(16)3-6-1-2-13-4-6/h6-7,13,15H,1-5H2,(H,14,16). The van der Waals surface area contributed by atoms with Crippen molar-refractivity contribution in [2.45, 2.75) is 25.1 Å². The molecule has 1 amide bonds. The monoisotopic (exact) mass is 240 g/mol. The first-order valence-corrected chi connectivity index (χ1v) is 5.12. The van der Waals surface area contributed by atoms with Gasteiger partial charge in [0, 0.05) is 6.42 Å². The number of nitrogens with one attached hydrogen (secondary N) is 2. The largest absolute Gasteiger partial charge is 0.416 e. The fourth-order valence-electron chi connectivity index (χ4n) is 1.55. The Morgan fingerprint density at radius 2 is 2.25 bits per heavy atom. The summed E-state index contributed by atoms with van der Waals surface area (Å²) in [6, 6.07) is 0. The van der Waals surface area contributed by atoms with E-state index in [1.807, 2.05) is 0 Å². The molecule has 0 bridgehead atoms. The molecule has 0 aromatic carbocycles. The smallest absolute Gasteiger partial charge is 0.382 e. The summed E-state index contributed by atoms with van der Waals surface area (Å²) >= 11 is 0. The number of amides is 1. The normalized spacial score (nSPS) is 23.1. The van der Waals surface area contributed by atoms with E-state index in [4.69, 9.17) is 5.11 Å². The van der Waals surface area contributed by atoms with Crippen LogP contribution in [0, 0.1) is 5.92 Å². The van der Waals surface area contributed by atoms with Gasteiger partial charge in [-0.3, -0.25) is 4.79 Å². The summed E-state index contributed by atoms with van der Waals surface area (Å²) in [4.78, 5) is 11.2. The predicted molar refractivity (Wildman–Crippen MR) is 50.7 cm³/mol. The molecular weight excluding hydrogens is 225 g/mol. The molecule has 1 aliphatic rings. The van der Waals surface area contributed by atoms with Crippen LogP contribution in [0.15, 0.2) is 0 Å². The number of carbonyl (C=O) groups is 1. The lowest BCUT2D eigenvalue weighted by Gasteiger charge is -2.15. The SMILES string of the molecule is O=C(CC1CCNC1)NCC(O)C(F)(F)F. The van der Waals surface area contributed by atoms with Crippen LogP contribution in [0.1, 0.15) is 12.8 Å². The minimum atomic E-state index is -4.68. The fourth-order valence-corrected chi connectivity index (χ4v) is 1.55. The van der Waals surface area contributed by atoms with Crippen LogP contribution in [0.4, 0.5) is 13.2 Å². The fraction of sp³-hybridized carbons (Fsp3) is 0.889. The van der Waals surface area contributed by atoms with Gasteiger partial charge >= 0.3 is 6.18 Å². The van der Waals surface area contributed by atoms with E-state index >= 15 is 0 Å². The number of alkyl halides is 3. The minimum Gasteiger partial charge on any atom is -0.382 e. The molecule has 1 heterocycles. The van der Waals surface area contributed by atoms with Crippen LogP contribution >= 0.6 is 0 Å². The Balaban J connectivity index is 2.19. The summed E-state index contributed by atoms with van der Waals surface area (Å²) in [6.45, 7) is 0.779. The molecule has 0 spiro atoms. The third-order valence-corrected chi connectivity index (χ3v) is 2.51. The Kier molecular flexibility index (Phi) is 4.55. The maximum atomic E-state index is 11.9. The molecule has 1 aliphatic heterocycles. The Morgan fingerprint density at radius 1 is 1.56 bits per heavy atom. The van der Waals surface area contributed by atoms with E-state index in [1.165, 1.54) is 0 Å². The minimum absolute atomic E-state index is 0.183.